The van der Waals surface area contributed by atoms with Gasteiger partial charge in [0.05, 0.1) is 10.9 Å². The monoisotopic (exact) mass is 504 g/mol. The van der Waals surface area contributed by atoms with Gasteiger partial charge in [-0.3, -0.25) is 9.78 Å². The number of nitrogens with one attached hydrogen (secondary N) is 1. The van der Waals surface area contributed by atoms with E-state index in [1.165, 1.54) is 6.33 Å². The topological polar surface area (TPSA) is 138 Å². The highest BCUT2D eigenvalue weighted by Gasteiger charge is 2.57. The molecule has 0 saturated heterocycles. The van der Waals surface area contributed by atoms with Crippen molar-refractivity contribution in [3.8, 4) is 23.5 Å². The van der Waals surface area contributed by atoms with Gasteiger partial charge in [-0.2, -0.15) is 4.98 Å². The van der Waals surface area contributed by atoms with E-state index in [-0.39, 0.29) is 17.3 Å². The van der Waals surface area contributed by atoms with Crippen molar-refractivity contribution >= 4 is 33.7 Å². The second kappa shape index (κ2) is 7.86. The van der Waals surface area contributed by atoms with Gasteiger partial charge in [-0.25, -0.2) is 9.97 Å². The molecule has 2 aliphatic rings. The third kappa shape index (κ3) is 3.14. The molecule has 1 aromatic carbocycles. The fraction of sp³-hybridized carbons (Fsp3) is 0.286. The number of carbonyl (C=O) groups excluding carboxylic acids is 1. The lowest BCUT2D eigenvalue weighted by molar-refractivity contribution is 0.0887. The van der Waals surface area contributed by atoms with Gasteiger partial charge in [0.25, 0.3) is 11.7 Å². The number of para-hydroxylation sites is 1. The van der Waals surface area contributed by atoms with Crippen LogP contribution in [0.3, 0.4) is 0 Å². The van der Waals surface area contributed by atoms with E-state index in [2.05, 4.69) is 47.0 Å². The predicted octanol–water partition coefficient (Wildman–Crippen LogP) is 3.74. The van der Waals surface area contributed by atoms with Crippen LogP contribution in [0, 0.1) is 19.3 Å². The molecular weight excluding hydrogens is 480 g/mol. The maximum atomic E-state index is 12.9. The lowest BCUT2D eigenvalue weighted by atomic mass is 9.90. The summed E-state index contributed by atoms with van der Waals surface area (Å²) < 4.78 is 7.17. The molecular formula is C28H24N8O2. The number of terminal acetylenes is 1. The Balaban J connectivity index is 1.36. The van der Waals surface area contributed by atoms with Gasteiger partial charge in [-0.1, -0.05) is 29.3 Å². The van der Waals surface area contributed by atoms with E-state index in [1.807, 2.05) is 30.5 Å². The van der Waals surface area contributed by atoms with E-state index in [9.17, 15) is 4.79 Å². The summed E-state index contributed by atoms with van der Waals surface area (Å²) in [6.45, 7) is 1.66. The van der Waals surface area contributed by atoms with Gasteiger partial charge in [0, 0.05) is 40.7 Å². The van der Waals surface area contributed by atoms with Crippen LogP contribution < -0.4 is 11.1 Å². The molecule has 0 atom stereocenters. The zero-order chi connectivity index (χ0) is 26.1. The van der Waals surface area contributed by atoms with Gasteiger partial charge in [-0.05, 0) is 44.2 Å². The van der Waals surface area contributed by atoms with Crippen molar-refractivity contribution in [1.29, 1.82) is 0 Å². The summed E-state index contributed by atoms with van der Waals surface area (Å²) in [4.78, 5) is 30.7. The SMILES string of the molecule is C#Cc1c(-c2cnc3ccccc3c2)c2c(N)ncnc2n1C12CCC(NC(=O)c3noc(C)n3)(CC1)C2. The number of amides is 1. The van der Waals surface area contributed by atoms with E-state index < -0.39 is 5.54 Å². The third-order valence-corrected chi connectivity index (χ3v) is 8.18. The number of benzene rings is 1. The number of aryl methyl sites for hydroxylation is 1. The summed E-state index contributed by atoms with van der Waals surface area (Å²) in [5.41, 5.74) is 9.71. The first-order chi connectivity index (χ1) is 18.4. The molecule has 3 N–H and O–H groups in total. The molecule has 4 heterocycles. The molecule has 0 radical (unpaired) electrons. The number of fused-ring (bicyclic) bond motifs is 4. The highest BCUT2D eigenvalue weighted by Crippen LogP contribution is 2.57. The summed E-state index contributed by atoms with van der Waals surface area (Å²) in [6.07, 6.45) is 13.5. The van der Waals surface area contributed by atoms with Crippen molar-refractivity contribution < 1.29 is 9.32 Å². The Bertz CT molecular complexity index is 1800. The van der Waals surface area contributed by atoms with Crippen molar-refractivity contribution in [2.24, 2.45) is 0 Å². The molecule has 188 valence electrons. The van der Waals surface area contributed by atoms with E-state index >= 15 is 0 Å². The number of nitrogens with two attached hydrogens (primary N) is 1. The number of nitrogens with zero attached hydrogens (tertiary/aromatic N) is 6. The molecule has 2 saturated carbocycles. The largest absolute Gasteiger partial charge is 0.383 e. The van der Waals surface area contributed by atoms with E-state index in [1.54, 1.807) is 6.92 Å². The number of carbonyl (C=O) groups is 1. The Hall–Kier alpha value is -4.78. The Kier molecular flexibility index (Phi) is 4.64. The maximum absolute atomic E-state index is 12.9. The molecule has 2 aliphatic carbocycles. The number of pyridine rings is 1. The Morgan fingerprint density at radius 1 is 1.18 bits per heavy atom. The van der Waals surface area contributed by atoms with Crippen LogP contribution >= 0.6 is 0 Å². The lowest BCUT2D eigenvalue weighted by Crippen LogP contribution is -2.45. The van der Waals surface area contributed by atoms with Gasteiger partial charge in [-0.15, -0.1) is 6.42 Å². The normalized spacial score (nSPS) is 22.2. The number of hydrogen-bond donors (Lipinski definition) is 2. The van der Waals surface area contributed by atoms with Crippen LogP contribution in [0.5, 0.6) is 0 Å². The van der Waals surface area contributed by atoms with Crippen molar-refractivity contribution in [3.05, 3.63) is 60.3 Å². The van der Waals surface area contributed by atoms with Gasteiger partial charge in [0.15, 0.2) is 0 Å². The molecule has 2 bridgehead atoms. The first-order valence-corrected chi connectivity index (χ1v) is 12.5. The van der Waals surface area contributed by atoms with Crippen molar-refractivity contribution in [2.45, 2.75) is 50.1 Å². The van der Waals surface area contributed by atoms with E-state index in [0.29, 0.717) is 29.5 Å². The van der Waals surface area contributed by atoms with Gasteiger partial charge >= 0.3 is 0 Å². The van der Waals surface area contributed by atoms with E-state index in [4.69, 9.17) is 16.7 Å². The zero-order valence-electron chi connectivity index (χ0n) is 20.7. The molecule has 0 aliphatic heterocycles. The second-order valence-electron chi connectivity index (χ2n) is 10.4. The average molecular weight is 505 g/mol. The summed E-state index contributed by atoms with van der Waals surface area (Å²) in [5.74, 6) is 3.39. The van der Waals surface area contributed by atoms with Gasteiger partial charge in [0.1, 0.15) is 23.5 Å². The van der Waals surface area contributed by atoms with Crippen LogP contribution in [0.15, 0.2) is 47.4 Å². The number of nitrogen functional groups attached to an aromatic ring is 1. The van der Waals surface area contributed by atoms with Crippen LogP contribution in [0.2, 0.25) is 0 Å². The minimum atomic E-state index is -0.392. The molecule has 5 aromatic rings. The molecule has 10 nitrogen and oxygen atoms in total. The minimum absolute atomic E-state index is 0.0450. The number of anilines is 1. The smallest absolute Gasteiger partial charge is 0.293 e. The standard InChI is InChI=1S/C28H24N8O2/c1-3-20-21(18-12-17-6-4-5-7-19(17)30-13-18)22-23(29)31-15-32-25(22)36(20)28-10-8-27(14-28,9-11-28)34-26(37)24-33-16(2)38-35-24/h1,4-7,12-13,15H,8-11,14H2,2H3,(H,34,37)(H2,29,31,32). The van der Waals surface area contributed by atoms with Crippen molar-refractivity contribution in [3.63, 3.8) is 0 Å². The first-order valence-electron chi connectivity index (χ1n) is 12.5. The predicted molar refractivity (Wildman–Crippen MR) is 141 cm³/mol. The van der Waals surface area contributed by atoms with Crippen LogP contribution in [0.1, 0.15) is 54.3 Å². The molecule has 7 rings (SSSR count). The summed E-state index contributed by atoms with van der Waals surface area (Å²) >= 11 is 0. The van der Waals surface area contributed by atoms with E-state index in [0.717, 1.165) is 53.1 Å². The summed E-state index contributed by atoms with van der Waals surface area (Å²) in [5, 5.41) is 8.72. The zero-order valence-corrected chi connectivity index (χ0v) is 20.7. The van der Waals surface area contributed by atoms with Crippen molar-refractivity contribution in [2.75, 3.05) is 5.73 Å². The minimum Gasteiger partial charge on any atom is -0.383 e. The summed E-state index contributed by atoms with van der Waals surface area (Å²) in [6, 6.07) is 10.0. The van der Waals surface area contributed by atoms with Crippen LogP contribution in [0.25, 0.3) is 33.1 Å². The number of aromatic nitrogens is 6. The lowest BCUT2D eigenvalue weighted by Gasteiger charge is -2.30. The van der Waals surface area contributed by atoms with Crippen LogP contribution in [-0.4, -0.2) is 41.1 Å². The third-order valence-electron chi connectivity index (χ3n) is 8.18. The highest BCUT2D eigenvalue weighted by molar-refractivity contribution is 6.04. The fourth-order valence-electron chi connectivity index (χ4n) is 6.56. The molecule has 1 amide bonds. The number of hydrogen-bond acceptors (Lipinski definition) is 8. The quantitative estimate of drug-likeness (QED) is 0.353. The Morgan fingerprint density at radius 3 is 2.76 bits per heavy atom. The highest BCUT2D eigenvalue weighted by atomic mass is 16.5. The molecule has 2 fully saturated rings. The maximum Gasteiger partial charge on any atom is 0.293 e. The average Bonchev–Trinajstić information content (AvgIpc) is 3.69. The fourth-order valence-corrected chi connectivity index (χ4v) is 6.56. The van der Waals surface area contributed by atoms with Gasteiger partial charge in [0.2, 0.25) is 5.89 Å². The molecule has 0 spiro atoms. The van der Waals surface area contributed by atoms with Gasteiger partial charge < -0.3 is 20.1 Å². The van der Waals surface area contributed by atoms with Crippen molar-refractivity contribution in [1.82, 2.24) is 35.0 Å². The second-order valence-corrected chi connectivity index (χ2v) is 10.4. The molecule has 4 aromatic heterocycles. The summed E-state index contributed by atoms with van der Waals surface area (Å²) in [7, 11) is 0. The molecule has 10 heteroatoms. The molecule has 38 heavy (non-hydrogen) atoms. The number of rotatable bonds is 4. The Labute approximate surface area is 217 Å². The van der Waals surface area contributed by atoms with Crippen LogP contribution in [0.4, 0.5) is 5.82 Å². The van der Waals surface area contributed by atoms with Crippen LogP contribution in [-0.2, 0) is 5.54 Å². The Morgan fingerprint density at radius 2 is 2.00 bits per heavy atom. The first kappa shape index (κ1) is 22.4. The molecule has 0 unspecified atom stereocenters.